The maximum Gasteiger partial charge on any atom is 0.243 e. The Hall–Kier alpha value is -0.570. The standard InChI is InChI=1S/C20H38N4O2.HI/c1-4-26-14-13-20(11-7-8-12-20)16-22-19(21-15-18(25)24(2)3)23-17-9-5-6-10-17;/h17H,4-16H2,1-3H3,(H2,21,22,23);1H. The summed E-state index contributed by atoms with van der Waals surface area (Å²) in [5.74, 6) is 0.833. The number of guanidine groups is 1. The smallest absolute Gasteiger partial charge is 0.243 e. The SMILES string of the molecule is CCOCCC1(CNC(=NCC(=O)N(C)C)NC2CCCC2)CCCC1.I. The van der Waals surface area contributed by atoms with Gasteiger partial charge in [-0.1, -0.05) is 25.7 Å². The van der Waals surface area contributed by atoms with Gasteiger partial charge in [0.1, 0.15) is 6.54 Å². The summed E-state index contributed by atoms with van der Waals surface area (Å²) in [4.78, 5) is 18.1. The van der Waals surface area contributed by atoms with Crippen LogP contribution >= 0.6 is 24.0 Å². The average Bonchev–Trinajstić information content (AvgIpc) is 3.29. The molecule has 2 N–H and O–H groups in total. The number of carbonyl (C=O) groups is 1. The molecule has 0 unspecified atom stereocenters. The van der Waals surface area contributed by atoms with Gasteiger partial charge in [-0.2, -0.15) is 0 Å². The minimum Gasteiger partial charge on any atom is -0.382 e. The highest BCUT2D eigenvalue weighted by Gasteiger charge is 2.33. The van der Waals surface area contributed by atoms with Gasteiger partial charge < -0.3 is 20.3 Å². The molecule has 27 heavy (non-hydrogen) atoms. The predicted molar refractivity (Wildman–Crippen MR) is 122 cm³/mol. The highest BCUT2D eigenvalue weighted by Crippen LogP contribution is 2.40. The molecule has 0 aromatic rings. The Balaban J connectivity index is 0.00000364. The minimum absolute atomic E-state index is 0. The van der Waals surface area contributed by atoms with E-state index in [0.717, 1.165) is 32.1 Å². The van der Waals surface area contributed by atoms with E-state index in [9.17, 15) is 4.79 Å². The Morgan fingerprint density at radius 3 is 2.44 bits per heavy atom. The van der Waals surface area contributed by atoms with Crippen molar-refractivity contribution >= 4 is 35.8 Å². The summed E-state index contributed by atoms with van der Waals surface area (Å²) in [7, 11) is 3.55. The fourth-order valence-electron chi connectivity index (χ4n) is 4.05. The molecule has 2 aliphatic rings. The predicted octanol–water partition coefficient (Wildman–Crippen LogP) is 3.16. The summed E-state index contributed by atoms with van der Waals surface area (Å²) in [6, 6.07) is 0.485. The molecule has 2 saturated carbocycles. The molecule has 0 radical (unpaired) electrons. The van der Waals surface area contributed by atoms with E-state index in [0.29, 0.717) is 11.5 Å². The van der Waals surface area contributed by atoms with Crippen LogP contribution in [0.4, 0.5) is 0 Å². The maximum atomic E-state index is 11.9. The molecule has 2 rings (SSSR count). The van der Waals surface area contributed by atoms with Gasteiger partial charge in [-0.15, -0.1) is 24.0 Å². The van der Waals surface area contributed by atoms with Gasteiger partial charge in [0.05, 0.1) is 0 Å². The van der Waals surface area contributed by atoms with E-state index in [2.05, 4.69) is 22.5 Å². The Labute approximate surface area is 182 Å². The van der Waals surface area contributed by atoms with Crippen LogP contribution in [0.15, 0.2) is 4.99 Å². The quantitative estimate of drug-likeness (QED) is 0.224. The normalized spacial score (nSPS) is 19.6. The Morgan fingerprint density at radius 2 is 1.85 bits per heavy atom. The number of carbonyl (C=O) groups excluding carboxylic acids is 1. The highest BCUT2D eigenvalue weighted by molar-refractivity contribution is 14.0. The molecule has 1 amide bonds. The van der Waals surface area contributed by atoms with Crippen LogP contribution in [0, 0.1) is 5.41 Å². The molecular weight excluding hydrogens is 455 g/mol. The van der Waals surface area contributed by atoms with Crippen molar-refractivity contribution in [2.24, 2.45) is 10.4 Å². The largest absolute Gasteiger partial charge is 0.382 e. The number of amides is 1. The highest BCUT2D eigenvalue weighted by atomic mass is 127. The summed E-state index contributed by atoms with van der Waals surface area (Å²) >= 11 is 0. The number of likely N-dealkylation sites (N-methyl/N-ethyl adjacent to an activating group) is 1. The molecular formula is C20H39IN4O2. The first-order valence-electron chi connectivity index (χ1n) is 10.4. The van der Waals surface area contributed by atoms with Gasteiger partial charge in [0, 0.05) is 39.9 Å². The summed E-state index contributed by atoms with van der Waals surface area (Å²) < 4.78 is 5.62. The molecule has 158 valence electrons. The maximum absolute atomic E-state index is 11.9. The van der Waals surface area contributed by atoms with Gasteiger partial charge in [0.15, 0.2) is 5.96 Å². The Morgan fingerprint density at radius 1 is 1.19 bits per heavy atom. The van der Waals surface area contributed by atoms with E-state index >= 15 is 0 Å². The first-order valence-corrected chi connectivity index (χ1v) is 10.4. The van der Waals surface area contributed by atoms with Crippen molar-refractivity contribution in [1.82, 2.24) is 15.5 Å². The van der Waals surface area contributed by atoms with Crippen LogP contribution in [0.1, 0.15) is 64.7 Å². The zero-order chi connectivity index (χ0) is 18.8. The second kappa shape index (κ2) is 12.8. The molecule has 2 aliphatic carbocycles. The number of ether oxygens (including phenoxy) is 1. The number of nitrogens with one attached hydrogen (secondary N) is 2. The van der Waals surface area contributed by atoms with E-state index in [1.807, 2.05) is 0 Å². The number of aliphatic imine (C=N–C) groups is 1. The van der Waals surface area contributed by atoms with Gasteiger partial charge in [0.25, 0.3) is 0 Å². The lowest BCUT2D eigenvalue weighted by Crippen LogP contribution is -2.47. The Bertz CT molecular complexity index is 459. The molecule has 0 heterocycles. The van der Waals surface area contributed by atoms with E-state index in [1.54, 1.807) is 19.0 Å². The zero-order valence-corrected chi connectivity index (χ0v) is 19.7. The van der Waals surface area contributed by atoms with Gasteiger partial charge in [-0.3, -0.25) is 4.79 Å². The third-order valence-electron chi connectivity index (χ3n) is 5.84. The molecule has 0 aromatic carbocycles. The van der Waals surface area contributed by atoms with E-state index < -0.39 is 0 Å². The van der Waals surface area contributed by atoms with Gasteiger partial charge in [-0.25, -0.2) is 4.99 Å². The summed E-state index contributed by atoms with van der Waals surface area (Å²) in [6.45, 7) is 4.78. The van der Waals surface area contributed by atoms with Crippen molar-refractivity contribution in [2.75, 3.05) is 40.4 Å². The average molecular weight is 494 g/mol. The van der Waals surface area contributed by atoms with E-state index in [-0.39, 0.29) is 36.4 Å². The number of nitrogens with zero attached hydrogens (tertiary/aromatic N) is 2. The third kappa shape index (κ3) is 8.54. The fraction of sp³-hybridized carbons (Fsp3) is 0.900. The lowest BCUT2D eigenvalue weighted by molar-refractivity contribution is -0.127. The number of hydrogen-bond donors (Lipinski definition) is 2. The molecule has 2 fully saturated rings. The van der Waals surface area contributed by atoms with Crippen molar-refractivity contribution in [2.45, 2.75) is 70.8 Å². The van der Waals surface area contributed by atoms with Gasteiger partial charge in [0.2, 0.25) is 5.91 Å². The van der Waals surface area contributed by atoms with Crippen LogP contribution in [0.3, 0.4) is 0 Å². The van der Waals surface area contributed by atoms with Crippen molar-refractivity contribution in [3.8, 4) is 0 Å². The lowest BCUT2D eigenvalue weighted by atomic mass is 9.83. The monoisotopic (exact) mass is 494 g/mol. The number of halogens is 1. The molecule has 0 saturated heterocycles. The van der Waals surface area contributed by atoms with Crippen LogP contribution in [0.2, 0.25) is 0 Å². The molecule has 0 aliphatic heterocycles. The Kier molecular flexibility index (Phi) is 11.6. The lowest BCUT2D eigenvalue weighted by Gasteiger charge is -2.30. The summed E-state index contributed by atoms with van der Waals surface area (Å²) in [5.41, 5.74) is 0.304. The van der Waals surface area contributed by atoms with Crippen LogP contribution in [-0.4, -0.2) is 63.2 Å². The van der Waals surface area contributed by atoms with Crippen LogP contribution in [0.5, 0.6) is 0 Å². The van der Waals surface area contributed by atoms with Crippen LogP contribution in [0.25, 0.3) is 0 Å². The van der Waals surface area contributed by atoms with Crippen molar-refractivity contribution in [3.05, 3.63) is 0 Å². The second-order valence-electron chi connectivity index (χ2n) is 8.09. The van der Waals surface area contributed by atoms with E-state index in [1.165, 1.54) is 51.4 Å². The molecule has 0 aromatic heterocycles. The molecule has 7 heteroatoms. The van der Waals surface area contributed by atoms with Crippen LogP contribution in [-0.2, 0) is 9.53 Å². The number of rotatable bonds is 9. The minimum atomic E-state index is 0. The first-order chi connectivity index (χ1) is 12.5. The third-order valence-corrected chi connectivity index (χ3v) is 5.84. The van der Waals surface area contributed by atoms with Crippen LogP contribution < -0.4 is 10.6 Å². The fourth-order valence-corrected chi connectivity index (χ4v) is 4.05. The molecule has 6 nitrogen and oxygen atoms in total. The van der Waals surface area contributed by atoms with Gasteiger partial charge in [-0.05, 0) is 44.4 Å². The van der Waals surface area contributed by atoms with Crippen molar-refractivity contribution in [3.63, 3.8) is 0 Å². The zero-order valence-electron chi connectivity index (χ0n) is 17.4. The molecule has 0 atom stereocenters. The van der Waals surface area contributed by atoms with Gasteiger partial charge >= 0.3 is 0 Å². The summed E-state index contributed by atoms with van der Waals surface area (Å²) in [6.07, 6.45) is 11.1. The van der Waals surface area contributed by atoms with Crippen molar-refractivity contribution in [1.29, 1.82) is 0 Å². The van der Waals surface area contributed by atoms with E-state index in [4.69, 9.17) is 4.74 Å². The first kappa shape index (κ1) is 24.5. The molecule has 0 bridgehead atoms. The second-order valence-corrected chi connectivity index (χ2v) is 8.09. The summed E-state index contributed by atoms with van der Waals surface area (Å²) in [5, 5.41) is 7.12. The molecule has 0 spiro atoms. The topological polar surface area (TPSA) is 66.0 Å². The number of hydrogen-bond acceptors (Lipinski definition) is 3. The van der Waals surface area contributed by atoms with Crippen molar-refractivity contribution < 1.29 is 9.53 Å².